The summed E-state index contributed by atoms with van der Waals surface area (Å²) in [5.74, 6) is 0.176. The maximum absolute atomic E-state index is 11.7. The molecule has 2 unspecified atom stereocenters. The molecule has 0 amide bonds. The van der Waals surface area contributed by atoms with Crippen LogP contribution in [0.2, 0.25) is 0 Å². The van der Waals surface area contributed by atoms with Crippen LogP contribution in [0, 0.1) is 5.92 Å². The summed E-state index contributed by atoms with van der Waals surface area (Å²) in [4.78, 5) is 11.7. The molecule has 0 saturated heterocycles. The summed E-state index contributed by atoms with van der Waals surface area (Å²) in [6.07, 6.45) is 2.06. The first-order valence-electron chi connectivity index (χ1n) is 6.32. The third-order valence-corrected chi connectivity index (χ3v) is 3.20. The number of ketones is 1. The van der Waals surface area contributed by atoms with Gasteiger partial charge in [-0.3, -0.25) is 9.53 Å². The molecule has 0 aromatic rings. The van der Waals surface area contributed by atoms with Crippen LogP contribution in [0.15, 0.2) is 10.2 Å². The number of hydrogen-bond acceptors (Lipinski definition) is 6. The van der Waals surface area contributed by atoms with Crippen LogP contribution < -0.4 is 0 Å². The largest absolute Gasteiger partial charge is 0.414 e. The number of nitrogens with zero attached hydrogens (tertiary/aromatic N) is 2. The first-order chi connectivity index (χ1) is 8.46. The van der Waals surface area contributed by atoms with Crippen molar-refractivity contribution < 1.29 is 19.0 Å². The summed E-state index contributed by atoms with van der Waals surface area (Å²) >= 11 is 0. The van der Waals surface area contributed by atoms with Crippen LogP contribution in [0.4, 0.5) is 0 Å². The third-order valence-electron chi connectivity index (χ3n) is 3.20. The summed E-state index contributed by atoms with van der Waals surface area (Å²) in [5.41, 5.74) is -0.757. The molecule has 2 aliphatic rings. The molecule has 0 bridgehead atoms. The highest BCUT2D eigenvalue weighted by Crippen LogP contribution is 2.34. The second-order valence-electron chi connectivity index (χ2n) is 5.20. The van der Waals surface area contributed by atoms with Gasteiger partial charge in [0.1, 0.15) is 5.78 Å². The Balaban J connectivity index is 1.92. The summed E-state index contributed by atoms with van der Waals surface area (Å²) in [7, 11) is 1.45. The van der Waals surface area contributed by atoms with E-state index >= 15 is 0 Å². The van der Waals surface area contributed by atoms with Crippen molar-refractivity contribution in [2.24, 2.45) is 16.1 Å². The third kappa shape index (κ3) is 2.93. The molecule has 1 heterocycles. The van der Waals surface area contributed by atoms with Gasteiger partial charge in [0, 0.05) is 19.4 Å². The van der Waals surface area contributed by atoms with Gasteiger partial charge in [0.25, 0.3) is 0 Å². The highest BCUT2D eigenvalue weighted by atomic mass is 16.9. The van der Waals surface area contributed by atoms with E-state index in [1.165, 1.54) is 7.11 Å². The Morgan fingerprint density at radius 1 is 1.39 bits per heavy atom. The van der Waals surface area contributed by atoms with Gasteiger partial charge >= 0.3 is 6.10 Å². The molecule has 1 fully saturated rings. The van der Waals surface area contributed by atoms with Gasteiger partial charge in [-0.1, -0.05) is 11.5 Å². The van der Waals surface area contributed by atoms with E-state index in [0.29, 0.717) is 6.42 Å². The van der Waals surface area contributed by atoms with E-state index in [1.807, 2.05) is 0 Å². The first kappa shape index (κ1) is 13.6. The van der Waals surface area contributed by atoms with Crippen LogP contribution >= 0.6 is 0 Å². The number of methoxy groups -OCH3 is 1. The van der Waals surface area contributed by atoms with Crippen molar-refractivity contribution in [2.75, 3.05) is 13.7 Å². The van der Waals surface area contributed by atoms with Crippen molar-refractivity contribution in [3.8, 4) is 0 Å². The topological polar surface area (TPSA) is 69.5 Å². The van der Waals surface area contributed by atoms with Gasteiger partial charge in [0.2, 0.25) is 0 Å². The molecule has 0 aromatic heterocycles. The Morgan fingerprint density at radius 3 is 2.72 bits per heavy atom. The average Bonchev–Trinajstić information content (AvgIpc) is 2.65. The first-order valence-corrected chi connectivity index (χ1v) is 6.32. The Labute approximate surface area is 107 Å². The van der Waals surface area contributed by atoms with Crippen LogP contribution in [-0.2, 0) is 19.0 Å². The molecule has 102 valence electrons. The van der Waals surface area contributed by atoms with Crippen molar-refractivity contribution >= 4 is 5.78 Å². The quantitative estimate of drug-likeness (QED) is 0.723. The zero-order valence-corrected chi connectivity index (χ0v) is 11.1. The van der Waals surface area contributed by atoms with Gasteiger partial charge in [-0.2, -0.15) is 5.11 Å². The number of hydrogen-bond donors (Lipinski definition) is 0. The fraction of sp³-hybridized carbons (Fsp3) is 0.917. The van der Waals surface area contributed by atoms with Crippen LogP contribution in [0.3, 0.4) is 0 Å². The van der Waals surface area contributed by atoms with Crippen LogP contribution in [-0.4, -0.2) is 31.3 Å². The van der Waals surface area contributed by atoms with E-state index in [4.69, 9.17) is 14.2 Å². The van der Waals surface area contributed by atoms with Crippen molar-refractivity contribution in [3.05, 3.63) is 0 Å². The van der Waals surface area contributed by atoms with Crippen molar-refractivity contribution in [1.29, 1.82) is 0 Å². The van der Waals surface area contributed by atoms with E-state index in [1.54, 1.807) is 13.8 Å². The molecule has 6 heteroatoms. The highest BCUT2D eigenvalue weighted by molar-refractivity contribution is 5.81. The molecule has 6 nitrogen and oxygen atoms in total. The van der Waals surface area contributed by atoms with Crippen LogP contribution in [0.25, 0.3) is 0 Å². The lowest BCUT2D eigenvalue weighted by atomic mass is 9.89. The summed E-state index contributed by atoms with van der Waals surface area (Å²) in [5, 5.41) is 7.84. The maximum atomic E-state index is 11.7. The van der Waals surface area contributed by atoms with Gasteiger partial charge in [-0.15, -0.1) is 0 Å². The van der Waals surface area contributed by atoms with Gasteiger partial charge in [-0.05, 0) is 26.7 Å². The smallest absolute Gasteiger partial charge is 0.310 e. The fourth-order valence-electron chi connectivity index (χ4n) is 2.18. The lowest BCUT2D eigenvalue weighted by Gasteiger charge is -2.28. The fourth-order valence-corrected chi connectivity index (χ4v) is 2.18. The van der Waals surface area contributed by atoms with E-state index in [2.05, 4.69) is 10.2 Å². The van der Waals surface area contributed by atoms with Gasteiger partial charge in [0.05, 0.1) is 6.61 Å². The van der Waals surface area contributed by atoms with E-state index < -0.39 is 11.8 Å². The number of ether oxygens (including phenoxy) is 3. The molecular weight excluding hydrogens is 236 g/mol. The number of carbonyl (C=O) groups is 1. The standard InChI is InChI=1S/C12H20N2O4/c1-11(2)13-14-12(16-3,18-11)17-8-9-6-4-5-7-10(9)15/h9H,4-8H2,1-3H3. The molecule has 2 rings (SSSR count). The zero-order valence-electron chi connectivity index (χ0n) is 11.1. The molecular formula is C12H20N2O4. The molecule has 1 aliphatic heterocycles. The number of carbonyl (C=O) groups excluding carboxylic acids is 1. The number of Topliss-reactive ketones (excluding diaryl/α,β-unsaturated/α-hetero) is 1. The molecule has 0 aromatic carbocycles. The van der Waals surface area contributed by atoms with Crippen molar-refractivity contribution in [1.82, 2.24) is 0 Å². The predicted octanol–water partition coefficient (Wildman–Crippen LogP) is 2.24. The number of rotatable bonds is 4. The highest BCUT2D eigenvalue weighted by Gasteiger charge is 2.46. The van der Waals surface area contributed by atoms with Crippen LogP contribution in [0.1, 0.15) is 39.5 Å². The van der Waals surface area contributed by atoms with E-state index in [9.17, 15) is 4.79 Å². The SMILES string of the molecule is COC1(OCC2CCCCC2=O)N=NC(C)(C)O1. The molecule has 0 spiro atoms. The van der Waals surface area contributed by atoms with E-state index in [-0.39, 0.29) is 18.3 Å². The predicted molar refractivity (Wildman–Crippen MR) is 62.7 cm³/mol. The van der Waals surface area contributed by atoms with Crippen LogP contribution in [0.5, 0.6) is 0 Å². The molecule has 2 atom stereocenters. The summed E-state index contributed by atoms with van der Waals surface area (Å²) < 4.78 is 16.2. The normalized spacial score (nSPS) is 35.1. The summed E-state index contributed by atoms with van der Waals surface area (Å²) in [6, 6.07) is 0. The summed E-state index contributed by atoms with van der Waals surface area (Å²) in [6.45, 7) is 3.81. The minimum atomic E-state index is -1.48. The average molecular weight is 256 g/mol. The molecule has 0 N–H and O–H groups in total. The Kier molecular flexibility index (Phi) is 3.79. The Bertz CT molecular complexity index is 356. The molecule has 0 radical (unpaired) electrons. The lowest BCUT2D eigenvalue weighted by molar-refractivity contribution is -0.378. The van der Waals surface area contributed by atoms with Crippen molar-refractivity contribution in [3.63, 3.8) is 0 Å². The van der Waals surface area contributed by atoms with Gasteiger partial charge in [-0.25, -0.2) is 0 Å². The zero-order chi connectivity index (χ0) is 13.2. The molecule has 1 aliphatic carbocycles. The second-order valence-corrected chi connectivity index (χ2v) is 5.20. The van der Waals surface area contributed by atoms with Gasteiger partial charge < -0.3 is 9.47 Å². The minimum absolute atomic E-state index is 0.0757. The Morgan fingerprint density at radius 2 is 2.17 bits per heavy atom. The monoisotopic (exact) mass is 256 g/mol. The minimum Gasteiger partial charge on any atom is -0.310 e. The number of azo groups is 1. The maximum Gasteiger partial charge on any atom is 0.414 e. The molecule has 1 saturated carbocycles. The van der Waals surface area contributed by atoms with Crippen molar-refractivity contribution in [2.45, 2.75) is 51.4 Å². The lowest BCUT2D eigenvalue weighted by Crippen LogP contribution is -2.40. The molecule has 18 heavy (non-hydrogen) atoms. The second kappa shape index (κ2) is 5.03. The Hall–Kier alpha value is -0.850. The van der Waals surface area contributed by atoms with E-state index in [0.717, 1.165) is 19.3 Å². The van der Waals surface area contributed by atoms with Gasteiger partial charge in [0.15, 0.2) is 5.72 Å².